The molecule has 1 heterocycles. The van der Waals surface area contributed by atoms with Crippen molar-refractivity contribution in [2.75, 3.05) is 0 Å². The van der Waals surface area contributed by atoms with E-state index in [9.17, 15) is 18.0 Å². The molecule has 0 amide bonds. The predicted octanol–water partition coefficient (Wildman–Crippen LogP) is 3.14. The number of carbonyl (C=O) groups is 1. The highest BCUT2D eigenvalue weighted by Gasteiger charge is 2.21. The van der Waals surface area contributed by atoms with Gasteiger partial charge in [0.15, 0.2) is 5.82 Å². The number of aromatic nitrogens is 1. The number of hydrogen-bond donors (Lipinski definition) is 0. The number of alkyl halides is 2. The molecule has 0 fully saturated rings. The molecule has 0 unspecified atom stereocenters. The van der Waals surface area contributed by atoms with Crippen molar-refractivity contribution in [3.05, 3.63) is 26.8 Å². The van der Waals surface area contributed by atoms with Gasteiger partial charge in [-0.25, -0.2) is 13.2 Å². The van der Waals surface area contributed by atoms with Crippen LogP contribution in [0.3, 0.4) is 0 Å². The van der Waals surface area contributed by atoms with E-state index in [1.165, 1.54) is 22.6 Å². The molecule has 1 rings (SSSR count). The lowest BCUT2D eigenvalue weighted by molar-refractivity contribution is 0.107. The first-order valence-corrected chi connectivity index (χ1v) is 4.72. The summed E-state index contributed by atoms with van der Waals surface area (Å²) in [6.45, 7) is 0. The predicted molar refractivity (Wildman–Crippen MR) is 52.1 cm³/mol. The summed E-state index contributed by atoms with van der Waals surface area (Å²) in [7, 11) is 0. The summed E-state index contributed by atoms with van der Waals surface area (Å²) in [5.74, 6) is -1.20. The maximum Gasteiger partial charge on any atom is 0.283 e. The van der Waals surface area contributed by atoms with Gasteiger partial charge in [-0.3, -0.25) is 9.78 Å². The Kier molecular flexibility index (Phi) is 3.71. The van der Waals surface area contributed by atoms with Crippen molar-refractivity contribution in [1.82, 2.24) is 4.98 Å². The Morgan fingerprint density at radius 1 is 1.57 bits per heavy atom. The summed E-state index contributed by atoms with van der Waals surface area (Å²) >= 11 is 6.50. The molecule has 0 aliphatic heterocycles. The molecule has 7 heteroatoms. The first-order chi connectivity index (χ1) is 6.45. The number of hydrogen-bond acceptors (Lipinski definition) is 2. The largest absolute Gasteiger partial charge is 0.283 e. The Balaban J connectivity index is 3.33. The fourth-order valence-corrected chi connectivity index (χ4v) is 1.73. The summed E-state index contributed by atoms with van der Waals surface area (Å²) in [5.41, 5.74) is -1.19. The fraction of sp³-hybridized carbons (Fsp3) is 0.143. The summed E-state index contributed by atoms with van der Waals surface area (Å²) in [6.07, 6.45) is -2.18. The van der Waals surface area contributed by atoms with E-state index < -0.39 is 23.2 Å². The summed E-state index contributed by atoms with van der Waals surface area (Å²) in [5, 5.41) is -0.929. The molecule has 0 saturated heterocycles. The Labute approximate surface area is 95.6 Å². The van der Waals surface area contributed by atoms with Gasteiger partial charge in [0, 0.05) is 6.20 Å². The molecular weight excluding hydrogens is 333 g/mol. The van der Waals surface area contributed by atoms with E-state index in [1.54, 1.807) is 0 Å². The van der Waals surface area contributed by atoms with Gasteiger partial charge < -0.3 is 0 Å². The highest BCUT2D eigenvalue weighted by atomic mass is 127. The second-order valence-corrected chi connectivity index (χ2v) is 3.68. The zero-order chi connectivity index (χ0) is 10.9. The normalized spacial score (nSPS) is 10.7. The van der Waals surface area contributed by atoms with Gasteiger partial charge in [0.05, 0.1) is 9.13 Å². The van der Waals surface area contributed by atoms with Crippen molar-refractivity contribution in [2.24, 2.45) is 0 Å². The van der Waals surface area contributed by atoms with Gasteiger partial charge in [-0.2, -0.15) is 0 Å². The third-order valence-electron chi connectivity index (χ3n) is 1.41. The molecule has 2 nitrogen and oxygen atoms in total. The molecule has 0 aliphatic rings. The van der Waals surface area contributed by atoms with Crippen molar-refractivity contribution in [3.8, 4) is 0 Å². The van der Waals surface area contributed by atoms with Gasteiger partial charge in [-0.15, -0.1) is 0 Å². The van der Waals surface area contributed by atoms with E-state index in [-0.39, 0.29) is 9.13 Å². The molecule has 0 N–H and O–H groups in total. The first kappa shape index (κ1) is 11.7. The molecule has 0 aromatic carbocycles. The molecule has 0 spiro atoms. The van der Waals surface area contributed by atoms with Crippen LogP contribution in [0.4, 0.5) is 13.2 Å². The van der Waals surface area contributed by atoms with Crippen LogP contribution in [0, 0.1) is 9.39 Å². The van der Waals surface area contributed by atoms with Gasteiger partial charge in [-0.1, -0.05) is 0 Å². The van der Waals surface area contributed by atoms with Crippen molar-refractivity contribution in [3.63, 3.8) is 0 Å². The van der Waals surface area contributed by atoms with Gasteiger partial charge >= 0.3 is 0 Å². The van der Waals surface area contributed by atoms with Gasteiger partial charge in [0.1, 0.15) is 5.69 Å². The van der Waals surface area contributed by atoms with Crippen molar-refractivity contribution in [2.45, 2.75) is 6.43 Å². The molecule has 1 aromatic rings. The molecule has 0 radical (unpaired) electrons. The Bertz CT molecular complexity index is 385. The summed E-state index contributed by atoms with van der Waals surface area (Å²) in [6, 6.07) is 0. The van der Waals surface area contributed by atoms with Crippen molar-refractivity contribution < 1.29 is 18.0 Å². The number of pyridine rings is 1. The molecule has 0 bridgehead atoms. The highest BCUT2D eigenvalue weighted by Crippen LogP contribution is 2.25. The van der Waals surface area contributed by atoms with E-state index in [2.05, 4.69) is 4.98 Å². The van der Waals surface area contributed by atoms with Crippen LogP contribution in [-0.4, -0.2) is 10.2 Å². The zero-order valence-corrected chi connectivity index (χ0v) is 9.31. The second kappa shape index (κ2) is 4.43. The maximum atomic E-state index is 13.1. The van der Waals surface area contributed by atoms with Gasteiger partial charge in [-0.05, 0) is 34.2 Å². The Morgan fingerprint density at radius 3 is 2.57 bits per heavy atom. The highest BCUT2D eigenvalue weighted by molar-refractivity contribution is 14.1. The number of nitrogens with zero attached hydrogens (tertiary/aromatic N) is 1. The monoisotopic (exact) mass is 335 g/mol. The third-order valence-corrected chi connectivity index (χ3v) is 2.66. The van der Waals surface area contributed by atoms with E-state index >= 15 is 0 Å². The first-order valence-electron chi connectivity index (χ1n) is 3.27. The quantitative estimate of drug-likeness (QED) is 0.614. The van der Waals surface area contributed by atoms with Gasteiger partial charge in [0.25, 0.3) is 11.7 Å². The van der Waals surface area contributed by atoms with Crippen LogP contribution < -0.4 is 0 Å². The lowest BCUT2D eigenvalue weighted by Gasteiger charge is -2.04. The van der Waals surface area contributed by atoms with Crippen LogP contribution in [0.2, 0.25) is 0 Å². The average Bonchev–Trinajstić information content (AvgIpc) is 2.08. The minimum Gasteiger partial charge on any atom is -0.276 e. The van der Waals surface area contributed by atoms with Gasteiger partial charge in [0.2, 0.25) is 0 Å². The minimum absolute atomic E-state index is 0.214. The molecule has 1 aromatic heterocycles. The Hall–Kier alpha value is -0.370. The summed E-state index contributed by atoms with van der Waals surface area (Å²) < 4.78 is 37.1. The van der Waals surface area contributed by atoms with E-state index in [4.69, 9.17) is 11.6 Å². The van der Waals surface area contributed by atoms with Crippen molar-refractivity contribution >= 4 is 39.4 Å². The molecule has 0 aliphatic carbocycles. The summed E-state index contributed by atoms with van der Waals surface area (Å²) in [4.78, 5) is 13.8. The lowest BCUT2D eigenvalue weighted by atomic mass is 10.2. The maximum absolute atomic E-state index is 13.1. The topological polar surface area (TPSA) is 30.0 Å². The van der Waals surface area contributed by atoms with Crippen LogP contribution in [-0.2, 0) is 0 Å². The number of carbonyl (C=O) groups excluding carboxylic acids is 1. The fourth-order valence-electron chi connectivity index (χ4n) is 0.767. The molecule has 14 heavy (non-hydrogen) atoms. The number of rotatable bonds is 2. The average molecular weight is 335 g/mol. The molecule has 0 atom stereocenters. The van der Waals surface area contributed by atoms with Crippen LogP contribution >= 0.6 is 34.2 Å². The van der Waals surface area contributed by atoms with Crippen LogP contribution in [0.1, 0.15) is 22.5 Å². The zero-order valence-electron chi connectivity index (χ0n) is 6.40. The smallest absolute Gasteiger partial charge is 0.276 e. The second-order valence-electron chi connectivity index (χ2n) is 2.26. The SMILES string of the molecule is O=C(Cl)c1cnc(C(F)F)c(F)c1I. The Morgan fingerprint density at radius 2 is 2.14 bits per heavy atom. The molecule has 0 saturated carbocycles. The van der Waals surface area contributed by atoms with Crippen LogP contribution in [0.15, 0.2) is 6.20 Å². The lowest BCUT2D eigenvalue weighted by Crippen LogP contribution is -2.04. The van der Waals surface area contributed by atoms with E-state index in [1.807, 2.05) is 0 Å². The third kappa shape index (κ3) is 2.17. The van der Waals surface area contributed by atoms with E-state index in [0.29, 0.717) is 0 Å². The van der Waals surface area contributed by atoms with Crippen LogP contribution in [0.5, 0.6) is 0 Å². The van der Waals surface area contributed by atoms with Crippen molar-refractivity contribution in [1.29, 1.82) is 0 Å². The van der Waals surface area contributed by atoms with Crippen LogP contribution in [0.25, 0.3) is 0 Å². The number of halogens is 5. The standard InChI is InChI=1S/C7H2ClF3INO/c8-6(14)2-1-13-5(7(10)11)3(9)4(2)12/h1,7H. The minimum atomic E-state index is -3.01. The molecule has 76 valence electrons. The van der Waals surface area contributed by atoms with E-state index in [0.717, 1.165) is 6.20 Å². The molecular formula is C7H2ClF3INO.